The number of halogens is 3. The van der Waals surface area contributed by atoms with Crippen LogP contribution in [0, 0.1) is 6.92 Å². The van der Waals surface area contributed by atoms with E-state index >= 15 is 0 Å². The standard InChI is InChI=1S/C27H36F3N5O/c1-20-4-7-22(8-5-20)32-23-10-15-34(16-11-23)14-2-3-26(36)35-17-12-24(13-18-35)33-25-9-6-21(19-31-25)27(28,29)30/h4-9,19,23-24,32H,2-3,10-18H2,1H3,(H,31,33). The topological polar surface area (TPSA) is 60.5 Å². The minimum Gasteiger partial charge on any atom is -0.382 e. The lowest BCUT2D eigenvalue weighted by Crippen LogP contribution is -2.43. The molecule has 0 unspecified atom stereocenters. The van der Waals surface area contributed by atoms with Crippen molar-refractivity contribution in [1.29, 1.82) is 0 Å². The van der Waals surface area contributed by atoms with Crippen LogP contribution in [-0.2, 0) is 11.0 Å². The number of pyridine rings is 1. The fraction of sp³-hybridized carbons (Fsp3) is 0.556. The van der Waals surface area contributed by atoms with Crippen molar-refractivity contribution in [3.8, 4) is 0 Å². The molecule has 2 aromatic rings. The Labute approximate surface area is 211 Å². The van der Waals surface area contributed by atoms with Crippen molar-refractivity contribution < 1.29 is 18.0 Å². The molecule has 196 valence electrons. The lowest BCUT2D eigenvalue weighted by Gasteiger charge is -2.34. The summed E-state index contributed by atoms with van der Waals surface area (Å²) in [6.45, 7) is 6.46. The molecule has 4 rings (SSSR count). The van der Waals surface area contributed by atoms with E-state index in [9.17, 15) is 18.0 Å². The van der Waals surface area contributed by atoms with Gasteiger partial charge in [-0.3, -0.25) is 4.79 Å². The predicted molar refractivity (Wildman–Crippen MR) is 136 cm³/mol. The molecule has 0 radical (unpaired) electrons. The Balaban J connectivity index is 1.09. The number of amides is 1. The number of nitrogens with zero attached hydrogens (tertiary/aromatic N) is 3. The Hall–Kier alpha value is -2.81. The Bertz CT molecular complexity index is 964. The fourth-order valence-electron chi connectivity index (χ4n) is 4.93. The van der Waals surface area contributed by atoms with E-state index in [1.54, 1.807) is 0 Å². The van der Waals surface area contributed by atoms with Gasteiger partial charge in [0.2, 0.25) is 5.91 Å². The molecule has 0 spiro atoms. The highest BCUT2D eigenvalue weighted by Gasteiger charge is 2.31. The lowest BCUT2D eigenvalue weighted by molar-refractivity contribution is -0.137. The van der Waals surface area contributed by atoms with Crippen molar-refractivity contribution in [2.24, 2.45) is 0 Å². The number of hydrogen-bond donors (Lipinski definition) is 2. The molecule has 2 fully saturated rings. The molecule has 2 aliphatic rings. The Morgan fingerprint density at radius 3 is 2.19 bits per heavy atom. The molecule has 6 nitrogen and oxygen atoms in total. The van der Waals surface area contributed by atoms with Gasteiger partial charge in [-0.05, 0) is 69.8 Å². The maximum absolute atomic E-state index is 12.7. The zero-order chi connectivity index (χ0) is 25.5. The van der Waals surface area contributed by atoms with Crippen molar-refractivity contribution in [2.75, 3.05) is 43.4 Å². The number of rotatable bonds is 8. The van der Waals surface area contributed by atoms with Crippen LogP contribution in [0.3, 0.4) is 0 Å². The highest BCUT2D eigenvalue weighted by atomic mass is 19.4. The summed E-state index contributed by atoms with van der Waals surface area (Å²) in [6, 6.07) is 11.5. The SMILES string of the molecule is Cc1ccc(NC2CCN(CCCC(=O)N3CCC(Nc4ccc(C(F)(F)F)cn4)CC3)CC2)cc1. The van der Waals surface area contributed by atoms with E-state index in [-0.39, 0.29) is 11.9 Å². The highest BCUT2D eigenvalue weighted by Crippen LogP contribution is 2.29. The summed E-state index contributed by atoms with van der Waals surface area (Å²) in [5.41, 5.74) is 1.69. The average molecular weight is 504 g/mol. The first kappa shape index (κ1) is 26.3. The number of piperidine rings is 2. The average Bonchev–Trinajstić information content (AvgIpc) is 2.87. The summed E-state index contributed by atoms with van der Waals surface area (Å²) in [4.78, 5) is 20.9. The van der Waals surface area contributed by atoms with Gasteiger partial charge < -0.3 is 20.4 Å². The molecule has 2 aliphatic heterocycles. The van der Waals surface area contributed by atoms with Crippen LogP contribution in [0.1, 0.15) is 49.7 Å². The quantitative estimate of drug-likeness (QED) is 0.521. The molecule has 0 atom stereocenters. The van der Waals surface area contributed by atoms with E-state index in [1.807, 2.05) is 4.90 Å². The van der Waals surface area contributed by atoms with Gasteiger partial charge in [-0.15, -0.1) is 0 Å². The zero-order valence-electron chi connectivity index (χ0n) is 20.9. The van der Waals surface area contributed by atoms with Gasteiger partial charge in [-0.2, -0.15) is 13.2 Å². The van der Waals surface area contributed by atoms with Gasteiger partial charge in [0, 0.05) is 56.6 Å². The molecule has 1 aromatic heterocycles. The summed E-state index contributed by atoms with van der Waals surface area (Å²) in [5.74, 6) is 0.627. The summed E-state index contributed by atoms with van der Waals surface area (Å²) in [7, 11) is 0. The number of aromatic nitrogens is 1. The van der Waals surface area contributed by atoms with Crippen LogP contribution in [0.25, 0.3) is 0 Å². The van der Waals surface area contributed by atoms with Crippen LogP contribution in [0.2, 0.25) is 0 Å². The molecule has 2 saturated heterocycles. The first-order valence-corrected chi connectivity index (χ1v) is 12.9. The van der Waals surface area contributed by atoms with Crippen molar-refractivity contribution in [1.82, 2.24) is 14.8 Å². The fourth-order valence-corrected chi connectivity index (χ4v) is 4.93. The number of anilines is 2. The maximum atomic E-state index is 12.7. The van der Waals surface area contributed by atoms with Gasteiger partial charge in [0.05, 0.1) is 5.56 Å². The van der Waals surface area contributed by atoms with Crippen LogP contribution in [0.4, 0.5) is 24.7 Å². The van der Waals surface area contributed by atoms with Crippen LogP contribution in [0.5, 0.6) is 0 Å². The van der Waals surface area contributed by atoms with Gasteiger partial charge >= 0.3 is 6.18 Å². The molecule has 2 N–H and O–H groups in total. The summed E-state index contributed by atoms with van der Waals surface area (Å²) < 4.78 is 38.1. The third kappa shape index (κ3) is 7.59. The molecule has 1 aromatic carbocycles. The second-order valence-electron chi connectivity index (χ2n) is 9.96. The third-order valence-electron chi connectivity index (χ3n) is 7.17. The minimum absolute atomic E-state index is 0.105. The molecule has 1 amide bonds. The monoisotopic (exact) mass is 503 g/mol. The van der Waals surface area contributed by atoms with Crippen LogP contribution < -0.4 is 10.6 Å². The van der Waals surface area contributed by atoms with Crippen LogP contribution in [-0.4, -0.2) is 65.5 Å². The van der Waals surface area contributed by atoms with Crippen molar-refractivity contribution in [2.45, 2.75) is 63.7 Å². The van der Waals surface area contributed by atoms with Gasteiger partial charge in [0.1, 0.15) is 5.82 Å². The number of carbonyl (C=O) groups is 1. The number of carbonyl (C=O) groups excluding carboxylic acids is 1. The summed E-state index contributed by atoms with van der Waals surface area (Å²) in [5, 5.41) is 6.83. The normalized spacial score (nSPS) is 18.3. The van der Waals surface area contributed by atoms with E-state index in [1.165, 1.54) is 17.3 Å². The van der Waals surface area contributed by atoms with E-state index in [4.69, 9.17) is 0 Å². The number of aryl methyl sites for hydroxylation is 1. The van der Waals surface area contributed by atoms with Crippen LogP contribution >= 0.6 is 0 Å². The maximum Gasteiger partial charge on any atom is 0.417 e. The lowest BCUT2D eigenvalue weighted by atomic mass is 10.0. The predicted octanol–water partition coefficient (Wildman–Crippen LogP) is 5.17. The first-order chi connectivity index (χ1) is 17.3. The minimum atomic E-state index is -4.38. The Morgan fingerprint density at radius 2 is 1.58 bits per heavy atom. The largest absolute Gasteiger partial charge is 0.417 e. The number of nitrogens with one attached hydrogen (secondary N) is 2. The molecule has 0 aliphatic carbocycles. The van der Waals surface area contributed by atoms with Gasteiger partial charge in [0.25, 0.3) is 0 Å². The summed E-state index contributed by atoms with van der Waals surface area (Å²) in [6.07, 6.45) is 1.62. The molecule has 36 heavy (non-hydrogen) atoms. The van der Waals surface area contributed by atoms with Gasteiger partial charge in [-0.1, -0.05) is 17.7 Å². The molecule has 9 heteroatoms. The Morgan fingerprint density at radius 1 is 0.944 bits per heavy atom. The molecule has 3 heterocycles. The number of benzene rings is 1. The number of hydrogen-bond acceptors (Lipinski definition) is 5. The van der Waals surface area contributed by atoms with E-state index < -0.39 is 11.7 Å². The second-order valence-corrected chi connectivity index (χ2v) is 9.96. The van der Waals surface area contributed by atoms with Crippen molar-refractivity contribution in [3.05, 3.63) is 53.7 Å². The van der Waals surface area contributed by atoms with Crippen LogP contribution in [0.15, 0.2) is 42.6 Å². The Kier molecular flexibility index (Phi) is 8.72. The number of alkyl halides is 3. The van der Waals surface area contributed by atoms with E-state index in [0.29, 0.717) is 31.4 Å². The van der Waals surface area contributed by atoms with E-state index in [2.05, 4.69) is 51.7 Å². The van der Waals surface area contributed by atoms with Crippen molar-refractivity contribution >= 4 is 17.4 Å². The smallest absolute Gasteiger partial charge is 0.382 e. The van der Waals surface area contributed by atoms with Gasteiger partial charge in [-0.25, -0.2) is 4.98 Å². The highest BCUT2D eigenvalue weighted by molar-refractivity contribution is 5.76. The van der Waals surface area contributed by atoms with Crippen molar-refractivity contribution in [3.63, 3.8) is 0 Å². The summed E-state index contributed by atoms with van der Waals surface area (Å²) >= 11 is 0. The molecular formula is C27H36F3N5O. The number of likely N-dealkylation sites (tertiary alicyclic amines) is 2. The second kappa shape index (κ2) is 12.0. The zero-order valence-corrected chi connectivity index (χ0v) is 20.9. The molecule has 0 saturated carbocycles. The van der Waals surface area contributed by atoms with Gasteiger partial charge in [0.15, 0.2) is 0 Å². The molecule has 0 bridgehead atoms. The third-order valence-corrected chi connectivity index (χ3v) is 7.17. The molecular weight excluding hydrogens is 467 g/mol. The first-order valence-electron chi connectivity index (χ1n) is 12.9. The van der Waals surface area contributed by atoms with E-state index in [0.717, 1.165) is 64.0 Å².